The number of carbonyl (C=O) groups excluding carboxylic acids is 1. The summed E-state index contributed by atoms with van der Waals surface area (Å²) in [7, 11) is 0. The summed E-state index contributed by atoms with van der Waals surface area (Å²) >= 11 is 0. The smallest absolute Gasteiger partial charge is 0.223 e. The summed E-state index contributed by atoms with van der Waals surface area (Å²) < 4.78 is 0. The van der Waals surface area contributed by atoms with E-state index in [1.807, 2.05) is 24.3 Å². The van der Waals surface area contributed by atoms with Crippen molar-refractivity contribution in [3.8, 4) is 11.8 Å². The highest BCUT2D eigenvalue weighted by molar-refractivity contribution is 5.79. The van der Waals surface area contributed by atoms with Gasteiger partial charge in [0.1, 0.15) is 6.61 Å². The summed E-state index contributed by atoms with van der Waals surface area (Å²) in [6, 6.07) is 7.79. The maximum absolute atomic E-state index is 12.3. The molecule has 1 amide bonds. The summed E-state index contributed by atoms with van der Waals surface area (Å²) in [6.07, 6.45) is 4.89. The predicted octanol–water partition coefficient (Wildman–Crippen LogP) is 2.08. The minimum atomic E-state index is -0.134. The number of benzene rings is 1. The van der Waals surface area contributed by atoms with Crippen molar-refractivity contribution in [1.82, 2.24) is 5.32 Å². The molecule has 3 unspecified atom stereocenters. The molecule has 2 saturated carbocycles. The maximum Gasteiger partial charge on any atom is 0.223 e. The predicted molar refractivity (Wildman–Crippen MR) is 81.2 cm³/mol. The van der Waals surface area contributed by atoms with E-state index < -0.39 is 0 Å². The molecule has 3 rings (SSSR count). The molecule has 3 nitrogen and oxygen atoms in total. The van der Waals surface area contributed by atoms with Crippen LogP contribution in [0, 0.1) is 29.6 Å². The second kappa shape index (κ2) is 6.32. The van der Waals surface area contributed by atoms with E-state index in [4.69, 9.17) is 5.11 Å². The quantitative estimate of drug-likeness (QED) is 0.835. The van der Waals surface area contributed by atoms with Crippen LogP contribution in [0.25, 0.3) is 0 Å². The lowest BCUT2D eigenvalue weighted by Gasteiger charge is -2.20. The van der Waals surface area contributed by atoms with E-state index in [-0.39, 0.29) is 18.4 Å². The molecule has 3 atom stereocenters. The standard InChI is InChI=1S/C18H21NO2/c20-8-2-5-13-3-1-4-15(9-13)12-19-18(21)17-11-14-6-7-16(17)10-14/h1,3-4,9,14,16-17,20H,6-8,10-12H2,(H,19,21). The highest BCUT2D eigenvalue weighted by Gasteiger charge is 2.42. The van der Waals surface area contributed by atoms with E-state index >= 15 is 0 Å². The molecule has 1 aromatic carbocycles. The van der Waals surface area contributed by atoms with E-state index in [2.05, 4.69) is 17.2 Å². The zero-order chi connectivity index (χ0) is 14.7. The first-order valence-electron chi connectivity index (χ1n) is 7.72. The Hall–Kier alpha value is -1.79. The summed E-state index contributed by atoms with van der Waals surface area (Å²) in [4.78, 5) is 12.3. The zero-order valence-electron chi connectivity index (χ0n) is 12.1. The largest absolute Gasteiger partial charge is 0.384 e. The summed E-state index contributed by atoms with van der Waals surface area (Å²) in [5.74, 6) is 7.39. The molecule has 1 aromatic rings. The molecule has 0 spiro atoms. The lowest BCUT2D eigenvalue weighted by atomic mass is 9.88. The number of hydrogen-bond acceptors (Lipinski definition) is 2. The number of fused-ring (bicyclic) bond motifs is 2. The number of nitrogens with one attached hydrogen (secondary N) is 1. The van der Waals surface area contributed by atoms with Gasteiger partial charge in [0.2, 0.25) is 5.91 Å². The van der Waals surface area contributed by atoms with Crippen molar-refractivity contribution in [3.63, 3.8) is 0 Å². The fourth-order valence-electron chi connectivity index (χ4n) is 3.79. The van der Waals surface area contributed by atoms with Gasteiger partial charge in [0.15, 0.2) is 0 Å². The first-order valence-corrected chi connectivity index (χ1v) is 7.72. The average Bonchev–Trinajstić information content (AvgIpc) is 3.14. The van der Waals surface area contributed by atoms with Crippen LogP contribution in [0.2, 0.25) is 0 Å². The third-order valence-corrected chi connectivity index (χ3v) is 4.78. The van der Waals surface area contributed by atoms with Crippen molar-refractivity contribution < 1.29 is 9.90 Å². The number of aliphatic hydroxyl groups is 1. The van der Waals surface area contributed by atoms with Crippen LogP contribution >= 0.6 is 0 Å². The molecule has 2 aliphatic carbocycles. The van der Waals surface area contributed by atoms with Crippen LogP contribution in [0.1, 0.15) is 36.8 Å². The van der Waals surface area contributed by atoms with Gasteiger partial charge in [-0.1, -0.05) is 30.4 Å². The van der Waals surface area contributed by atoms with Crippen molar-refractivity contribution >= 4 is 5.91 Å². The van der Waals surface area contributed by atoms with E-state index in [0.29, 0.717) is 12.5 Å². The van der Waals surface area contributed by atoms with Crippen molar-refractivity contribution in [1.29, 1.82) is 0 Å². The highest BCUT2D eigenvalue weighted by atomic mass is 16.2. The van der Waals surface area contributed by atoms with Crippen LogP contribution < -0.4 is 5.32 Å². The molecule has 21 heavy (non-hydrogen) atoms. The van der Waals surface area contributed by atoms with Gasteiger partial charge in [-0.2, -0.15) is 0 Å². The van der Waals surface area contributed by atoms with Crippen LogP contribution in [-0.2, 0) is 11.3 Å². The van der Waals surface area contributed by atoms with Crippen molar-refractivity contribution in [2.75, 3.05) is 6.61 Å². The Morgan fingerprint density at radius 2 is 2.24 bits per heavy atom. The van der Waals surface area contributed by atoms with Gasteiger partial charge in [-0.25, -0.2) is 0 Å². The molecule has 0 saturated heterocycles. The molecule has 0 radical (unpaired) electrons. The number of aliphatic hydroxyl groups excluding tert-OH is 1. The van der Waals surface area contributed by atoms with Crippen molar-refractivity contribution in [3.05, 3.63) is 35.4 Å². The van der Waals surface area contributed by atoms with E-state index in [1.54, 1.807) is 0 Å². The number of rotatable bonds is 3. The van der Waals surface area contributed by atoms with Gasteiger partial charge in [0.25, 0.3) is 0 Å². The van der Waals surface area contributed by atoms with E-state index in [9.17, 15) is 4.79 Å². The Balaban J connectivity index is 1.56. The molecule has 110 valence electrons. The Labute approximate surface area is 125 Å². The normalized spacial score (nSPS) is 26.2. The monoisotopic (exact) mass is 283 g/mol. The van der Waals surface area contributed by atoms with E-state index in [1.165, 1.54) is 19.3 Å². The Morgan fingerprint density at radius 3 is 2.95 bits per heavy atom. The number of amides is 1. The van der Waals surface area contributed by atoms with Gasteiger partial charge in [0.05, 0.1) is 0 Å². The lowest BCUT2D eigenvalue weighted by molar-refractivity contribution is -0.126. The van der Waals surface area contributed by atoms with Crippen LogP contribution in [-0.4, -0.2) is 17.6 Å². The highest BCUT2D eigenvalue weighted by Crippen LogP contribution is 2.48. The molecule has 2 fully saturated rings. The van der Waals surface area contributed by atoms with Gasteiger partial charge < -0.3 is 10.4 Å². The SMILES string of the molecule is O=C(NCc1cccc(C#CCO)c1)C1CC2CCC1C2. The average molecular weight is 283 g/mol. The first kappa shape index (κ1) is 14.2. The molecular formula is C18H21NO2. The molecule has 0 aromatic heterocycles. The molecule has 0 aliphatic heterocycles. The zero-order valence-corrected chi connectivity index (χ0v) is 12.1. The Morgan fingerprint density at radius 1 is 1.33 bits per heavy atom. The summed E-state index contributed by atoms with van der Waals surface area (Å²) in [5.41, 5.74) is 1.92. The molecule has 3 heteroatoms. The fourth-order valence-corrected chi connectivity index (χ4v) is 3.79. The lowest BCUT2D eigenvalue weighted by Crippen LogP contribution is -2.33. The van der Waals surface area contributed by atoms with Crippen LogP contribution in [0.4, 0.5) is 0 Å². The van der Waals surface area contributed by atoms with Crippen molar-refractivity contribution in [2.24, 2.45) is 17.8 Å². The minimum absolute atomic E-state index is 0.134. The van der Waals surface area contributed by atoms with Gasteiger partial charge in [-0.3, -0.25) is 4.79 Å². The van der Waals surface area contributed by atoms with Crippen LogP contribution in [0.3, 0.4) is 0 Å². The molecule has 2 aliphatic rings. The van der Waals surface area contributed by atoms with Gasteiger partial charge >= 0.3 is 0 Å². The Kier molecular flexibility index (Phi) is 4.26. The third-order valence-electron chi connectivity index (χ3n) is 4.78. The second-order valence-corrected chi connectivity index (χ2v) is 6.16. The maximum atomic E-state index is 12.3. The van der Waals surface area contributed by atoms with E-state index in [0.717, 1.165) is 23.5 Å². The molecule has 2 N–H and O–H groups in total. The fraction of sp³-hybridized carbons (Fsp3) is 0.500. The van der Waals surface area contributed by atoms with Crippen LogP contribution in [0.15, 0.2) is 24.3 Å². The van der Waals surface area contributed by atoms with Crippen LogP contribution in [0.5, 0.6) is 0 Å². The molecular weight excluding hydrogens is 262 g/mol. The van der Waals surface area contributed by atoms with Gasteiger partial charge in [-0.05, 0) is 48.8 Å². The van der Waals surface area contributed by atoms with Gasteiger partial charge in [0, 0.05) is 18.0 Å². The summed E-state index contributed by atoms with van der Waals surface area (Å²) in [5, 5.41) is 11.8. The second-order valence-electron chi connectivity index (χ2n) is 6.16. The Bertz CT molecular complexity index is 584. The van der Waals surface area contributed by atoms with Gasteiger partial charge in [-0.15, -0.1) is 0 Å². The number of carbonyl (C=O) groups is 1. The number of hydrogen-bond donors (Lipinski definition) is 2. The van der Waals surface area contributed by atoms with Crippen molar-refractivity contribution in [2.45, 2.75) is 32.2 Å². The third kappa shape index (κ3) is 3.28. The molecule has 0 heterocycles. The minimum Gasteiger partial charge on any atom is -0.384 e. The molecule has 2 bridgehead atoms. The first-order chi connectivity index (χ1) is 10.3. The summed E-state index contributed by atoms with van der Waals surface area (Å²) in [6.45, 7) is 0.423. The topological polar surface area (TPSA) is 49.3 Å².